The molecule has 0 aliphatic heterocycles. The van der Waals surface area contributed by atoms with E-state index in [9.17, 15) is 14.7 Å². The van der Waals surface area contributed by atoms with E-state index in [4.69, 9.17) is 5.73 Å². The Bertz CT molecular complexity index is 1120. The number of benzene rings is 1. The highest BCUT2D eigenvalue weighted by Crippen LogP contribution is 2.21. The summed E-state index contributed by atoms with van der Waals surface area (Å²) >= 11 is 0. The lowest BCUT2D eigenvalue weighted by Crippen LogP contribution is -2.29. The first-order chi connectivity index (χ1) is 13.8. The predicted molar refractivity (Wildman–Crippen MR) is 108 cm³/mol. The summed E-state index contributed by atoms with van der Waals surface area (Å²) in [5, 5.41) is 15.4. The van der Waals surface area contributed by atoms with Crippen LogP contribution < -0.4 is 5.73 Å². The number of aromatic nitrogens is 3. The number of para-hydroxylation sites is 1. The van der Waals surface area contributed by atoms with Gasteiger partial charge in [-0.2, -0.15) is 5.10 Å². The van der Waals surface area contributed by atoms with Gasteiger partial charge in [0, 0.05) is 37.2 Å². The molecule has 8 nitrogen and oxygen atoms in total. The Labute approximate surface area is 167 Å². The number of hydrogen-bond acceptors (Lipinski definition) is 5. The summed E-state index contributed by atoms with van der Waals surface area (Å²) < 4.78 is 1.54. The number of carbonyl (C=O) groups excluding carboxylic acids is 2. The molecule has 2 aromatic heterocycles. The summed E-state index contributed by atoms with van der Waals surface area (Å²) in [7, 11) is 1.64. The molecule has 0 radical (unpaired) electrons. The zero-order chi connectivity index (χ0) is 21.0. The standard InChI is InChI=1S/C21H21N5O3/c1-21(29,10-12-25(2)14-27)9-7-15-8-11-23-18(13-15)26-17-6-4-3-5-16(17)19(24-26)20(22)28/h3-6,8,11,13-14,29H,10,12H2,1-2H3,(H2,22,28)/t21-/m0/s1. The fraction of sp³-hybridized carbons (Fsp3) is 0.238. The third kappa shape index (κ3) is 4.59. The summed E-state index contributed by atoms with van der Waals surface area (Å²) in [5.74, 6) is 5.61. The van der Waals surface area contributed by atoms with Crippen LogP contribution in [0.2, 0.25) is 0 Å². The predicted octanol–water partition coefficient (Wildman–Crippen LogP) is 1.10. The molecule has 0 spiro atoms. The Morgan fingerprint density at radius 2 is 2.14 bits per heavy atom. The molecule has 148 valence electrons. The molecule has 0 aliphatic carbocycles. The number of pyridine rings is 1. The second-order valence-corrected chi connectivity index (χ2v) is 6.90. The summed E-state index contributed by atoms with van der Waals surface area (Å²) in [4.78, 5) is 28.2. The highest BCUT2D eigenvalue weighted by molar-refractivity contribution is 6.04. The van der Waals surface area contributed by atoms with E-state index >= 15 is 0 Å². The van der Waals surface area contributed by atoms with E-state index in [1.807, 2.05) is 12.1 Å². The third-order valence-electron chi connectivity index (χ3n) is 4.39. The molecule has 0 saturated heterocycles. The zero-order valence-corrected chi connectivity index (χ0v) is 16.2. The summed E-state index contributed by atoms with van der Waals surface area (Å²) in [6, 6.07) is 10.7. The monoisotopic (exact) mass is 391 g/mol. The minimum atomic E-state index is -1.25. The highest BCUT2D eigenvalue weighted by Gasteiger charge is 2.18. The second kappa shape index (κ2) is 8.12. The molecule has 0 bridgehead atoms. The Kier molecular flexibility index (Phi) is 5.61. The van der Waals surface area contributed by atoms with Gasteiger partial charge in [0.2, 0.25) is 6.41 Å². The average Bonchev–Trinajstić information content (AvgIpc) is 3.11. The van der Waals surface area contributed by atoms with E-state index in [0.29, 0.717) is 41.7 Å². The number of rotatable bonds is 6. The smallest absolute Gasteiger partial charge is 0.269 e. The molecular weight excluding hydrogens is 370 g/mol. The first-order valence-corrected chi connectivity index (χ1v) is 8.96. The van der Waals surface area contributed by atoms with Crippen molar-refractivity contribution in [3.63, 3.8) is 0 Å². The van der Waals surface area contributed by atoms with Gasteiger partial charge in [-0.05, 0) is 25.1 Å². The maximum atomic E-state index is 11.7. The molecule has 0 saturated carbocycles. The largest absolute Gasteiger partial charge is 0.378 e. The Morgan fingerprint density at radius 1 is 1.38 bits per heavy atom. The van der Waals surface area contributed by atoms with Gasteiger partial charge in [0.15, 0.2) is 11.5 Å². The molecule has 2 amide bonds. The number of carbonyl (C=O) groups is 2. The van der Waals surface area contributed by atoms with Crippen molar-refractivity contribution in [3.05, 3.63) is 53.9 Å². The number of primary amides is 1. The van der Waals surface area contributed by atoms with Gasteiger partial charge in [-0.25, -0.2) is 9.67 Å². The van der Waals surface area contributed by atoms with Crippen molar-refractivity contribution in [3.8, 4) is 17.7 Å². The van der Waals surface area contributed by atoms with Gasteiger partial charge in [-0.3, -0.25) is 9.59 Å². The van der Waals surface area contributed by atoms with Crippen LogP contribution in [0.1, 0.15) is 29.4 Å². The van der Waals surface area contributed by atoms with E-state index in [-0.39, 0.29) is 5.69 Å². The second-order valence-electron chi connectivity index (χ2n) is 6.90. The molecule has 1 aromatic carbocycles. The molecule has 29 heavy (non-hydrogen) atoms. The SMILES string of the molecule is CN(C=O)CC[C@@](C)(O)C#Cc1ccnc(-n2nc(C(N)=O)c3ccccc32)c1. The molecule has 2 heterocycles. The Balaban J connectivity index is 1.93. The van der Waals surface area contributed by atoms with Gasteiger partial charge in [0.25, 0.3) is 5.91 Å². The lowest BCUT2D eigenvalue weighted by molar-refractivity contribution is -0.117. The molecule has 3 N–H and O–H groups in total. The maximum Gasteiger partial charge on any atom is 0.269 e. The van der Waals surface area contributed by atoms with Crippen LogP contribution >= 0.6 is 0 Å². The fourth-order valence-electron chi connectivity index (χ4n) is 2.75. The first-order valence-electron chi connectivity index (χ1n) is 8.96. The molecular formula is C21H21N5O3. The number of nitrogens with two attached hydrogens (primary N) is 1. The topological polar surface area (TPSA) is 114 Å². The molecule has 0 fully saturated rings. The van der Waals surface area contributed by atoms with Crippen LogP contribution in [0, 0.1) is 11.8 Å². The molecule has 1 atom stereocenters. The van der Waals surface area contributed by atoms with Crippen molar-refractivity contribution in [1.82, 2.24) is 19.7 Å². The van der Waals surface area contributed by atoms with Crippen LogP contribution in [0.25, 0.3) is 16.7 Å². The van der Waals surface area contributed by atoms with E-state index in [1.54, 1.807) is 44.4 Å². The number of amides is 2. The van der Waals surface area contributed by atoms with Crippen LogP contribution in [0.5, 0.6) is 0 Å². The van der Waals surface area contributed by atoms with Crippen LogP contribution in [0.3, 0.4) is 0 Å². The van der Waals surface area contributed by atoms with E-state index in [2.05, 4.69) is 21.9 Å². The molecule has 3 aromatic rings. The van der Waals surface area contributed by atoms with Crippen molar-refractivity contribution < 1.29 is 14.7 Å². The number of nitrogens with zero attached hydrogens (tertiary/aromatic N) is 4. The molecule has 0 unspecified atom stereocenters. The third-order valence-corrected chi connectivity index (χ3v) is 4.39. The van der Waals surface area contributed by atoms with Crippen molar-refractivity contribution in [2.24, 2.45) is 5.73 Å². The van der Waals surface area contributed by atoms with E-state index < -0.39 is 11.5 Å². The average molecular weight is 391 g/mol. The van der Waals surface area contributed by atoms with E-state index in [1.165, 1.54) is 9.58 Å². The molecule has 0 aliphatic rings. The van der Waals surface area contributed by atoms with E-state index in [0.717, 1.165) is 0 Å². The minimum absolute atomic E-state index is 0.168. The first kappa shape index (κ1) is 20.0. The lowest BCUT2D eigenvalue weighted by Gasteiger charge is -2.19. The number of hydrogen-bond donors (Lipinski definition) is 2. The van der Waals surface area contributed by atoms with Crippen LogP contribution in [0.4, 0.5) is 0 Å². The number of fused-ring (bicyclic) bond motifs is 1. The Morgan fingerprint density at radius 3 is 2.86 bits per heavy atom. The quantitative estimate of drug-likeness (QED) is 0.482. The maximum absolute atomic E-state index is 11.7. The van der Waals surface area contributed by atoms with Crippen LogP contribution in [-0.4, -0.2) is 56.3 Å². The normalized spacial score (nSPS) is 12.7. The van der Waals surface area contributed by atoms with Gasteiger partial charge in [0.1, 0.15) is 5.60 Å². The zero-order valence-electron chi connectivity index (χ0n) is 16.2. The van der Waals surface area contributed by atoms with Crippen molar-refractivity contribution >= 4 is 23.2 Å². The van der Waals surface area contributed by atoms with Gasteiger partial charge in [-0.15, -0.1) is 0 Å². The van der Waals surface area contributed by atoms with Gasteiger partial charge in [0.05, 0.1) is 5.52 Å². The molecule has 3 rings (SSSR count). The molecule has 8 heteroatoms. The van der Waals surface area contributed by atoms with Gasteiger partial charge >= 0.3 is 0 Å². The van der Waals surface area contributed by atoms with Crippen molar-refractivity contribution in [2.45, 2.75) is 18.9 Å². The van der Waals surface area contributed by atoms with Crippen LogP contribution in [-0.2, 0) is 4.79 Å². The Hall–Kier alpha value is -3.70. The summed E-state index contributed by atoms with van der Waals surface area (Å²) in [6.07, 6.45) is 2.60. The minimum Gasteiger partial charge on any atom is -0.378 e. The van der Waals surface area contributed by atoms with Crippen molar-refractivity contribution in [2.75, 3.05) is 13.6 Å². The fourth-order valence-corrected chi connectivity index (χ4v) is 2.75. The summed E-state index contributed by atoms with van der Waals surface area (Å²) in [5.41, 5.74) is 5.68. The summed E-state index contributed by atoms with van der Waals surface area (Å²) in [6.45, 7) is 1.99. The van der Waals surface area contributed by atoms with Crippen LogP contribution in [0.15, 0.2) is 42.6 Å². The van der Waals surface area contributed by atoms with Gasteiger partial charge in [-0.1, -0.05) is 30.0 Å². The van der Waals surface area contributed by atoms with Gasteiger partial charge < -0.3 is 15.7 Å². The highest BCUT2D eigenvalue weighted by atomic mass is 16.3. The number of aliphatic hydroxyl groups is 1. The van der Waals surface area contributed by atoms with Crippen molar-refractivity contribution in [1.29, 1.82) is 0 Å². The lowest BCUT2D eigenvalue weighted by atomic mass is 10.0.